The van der Waals surface area contributed by atoms with E-state index in [1.165, 1.54) is 0 Å². The molecule has 7 heteroatoms. The van der Waals surface area contributed by atoms with Crippen LogP contribution in [0.2, 0.25) is 0 Å². The van der Waals surface area contributed by atoms with Gasteiger partial charge >= 0.3 is 5.69 Å². The van der Waals surface area contributed by atoms with Crippen LogP contribution in [0.15, 0.2) is 33.9 Å². The average Bonchev–Trinajstić information content (AvgIpc) is 2.98. The molecule has 1 amide bonds. The van der Waals surface area contributed by atoms with Gasteiger partial charge in [0.1, 0.15) is 5.75 Å². The summed E-state index contributed by atoms with van der Waals surface area (Å²) in [6.45, 7) is 4.19. The number of hydrogen-bond acceptors (Lipinski definition) is 4. The quantitative estimate of drug-likeness (QED) is 0.871. The first-order chi connectivity index (χ1) is 11.8. The van der Waals surface area contributed by atoms with Gasteiger partial charge < -0.3 is 14.6 Å². The Labute approximate surface area is 144 Å². The number of amides is 1. The Kier molecular flexibility index (Phi) is 4.24. The number of benzene rings is 1. The number of methoxy groups -OCH3 is 1. The molecule has 0 atom stereocenters. The van der Waals surface area contributed by atoms with E-state index in [4.69, 9.17) is 4.74 Å². The van der Waals surface area contributed by atoms with Crippen molar-refractivity contribution in [2.75, 3.05) is 7.11 Å². The SMILES string of the molecule is COc1ccccc1CC(C)(C)C(=O)N1Cc2[nH]c(=O)[nH]c(=O)c2C1. The minimum Gasteiger partial charge on any atom is -0.496 e. The van der Waals surface area contributed by atoms with E-state index in [-0.39, 0.29) is 19.0 Å². The number of carbonyl (C=O) groups excluding carboxylic acids is 1. The third-order valence-electron chi connectivity index (χ3n) is 4.52. The van der Waals surface area contributed by atoms with E-state index in [1.54, 1.807) is 12.0 Å². The first kappa shape index (κ1) is 17.0. The van der Waals surface area contributed by atoms with Gasteiger partial charge in [0.05, 0.1) is 25.8 Å². The molecule has 3 rings (SSSR count). The van der Waals surface area contributed by atoms with Crippen LogP contribution in [0.1, 0.15) is 30.7 Å². The Morgan fingerprint density at radius 2 is 1.92 bits per heavy atom. The van der Waals surface area contributed by atoms with Gasteiger partial charge in [0.2, 0.25) is 5.91 Å². The molecule has 1 aliphatic heterocycles. The maximum absolute atomic E-state index is 13.0. The van der Waals surface area contributed by atoms with Crippen molar-refractivity contribution >= 4 is 5.91 Å². The van der Waals surface area contributed by atoms with Crippen LogP contribution in [0, 0.1) is 5.41 Å². The zero-order valence-corrected chi connectivity index (χ0v) is 14.5. The summed E-state index contributed by atoms with van der Waals surface area (Å²) < 4.78 is 5.37. The van der Waals surface area contributed by atoms with Gasteiger partial charge in [-0.05, 0) is 18.1 Å². The van der Waals surface area contributed by atoms with Crippen LogP contribution in [0.25, 0.3) is 0 Å². The van der Waals surface area contributed by atoms with Crippen molar-refractivity contribution in [1.82, 2.24) is 14.9 Å². The van der Waals surface area contributed by atoms with Crippen molar-refractivity contribution in [1.29, 1.82) is 0 Å². The first-order valence-corrected chi connectivity index (χ1v) is 8.07. The molecular weight excluding hydrogens is 322 g/mol. The molecule has 25 heavy (non-hydrogen) atoms. The molecule has 1 aromatic heterocycles. The van der Waals surface area contributed by atoms with Crippen molar-refractivity contribution in [2.45, 2.75) is 33.4 Å². The molecule has 2 N–H and O–H groups in total. The number of H-pyrrole nitrogens is 2. The molecule has 0 saturated carbocycles. The summed E-state index contributed by atoms with van der Waals surface area (Å²) >= 11 is 0. The van der Waals surface area contributed by atoms with Crippen molar-refractivity contribution in [3.8, 4) is 5.75 Å². The molecule has 0 saturated heterocycles. The van der Waals surface area contributed by atoms with Crippen molar-refractivity contribution < 1.29 is 9.53 Å². The number of aromatic amines is 2. The Morgan fingerprint density at radius 1 is 1.20 bits per heavy atom. The molecule has 0 fully saturated rings. The van der Waals surface area contributed by atoms with Crippen molar-refractivity contribution in [3.05, 3.63) is 61.9 Å². The zero-order valence-electron chi connectivity index (χ0n) is 14.5. The summed E-state index contributed by atoms with van der Waals surface area (Å²) in [6.07, 6.45) is 0.509. The fourth-order valence-electron chi connectivity index (χ4n) is 3.27. The zero-order chi connectivity index (χ0) is 18.2. The standard InChI is InChI=1S/C18H21N3O4/c1-18(2,8-11-6-4-5-7-14(11)25-3)16(23)21-9-12-13(10-21)19-17(24)20-15(12)22/h4-7H,8-10H2,1-3H3,(H2,19,20,22,24). The Morgan fingerprint density at radius 3 is 2.64 bits per heavy atom. The summed E-state index contributed by atoms with van der Waals surface area (Å²) in [5.41, 5.74) is 0.245. The third kappa shape index (κ3) is 3.22. The van der Waals surface area contributed by atoms with E-state index >= 15 is 0 Å². The number of ether oxygens (including phenoxy) is 1. The van der Waals surface area contributed by atoms with Gasteiger partial charge in [-0.3, -0.25) is 14.6 Å². The Balaban J connectivity index is 1.82. The molecule has 1 aromatic carbocycles. The lowest BCUT2D eigenvalue weighted by Gasteiger charge is -2.29. The van der Waals surface area contributed by atoms with E-state index in [2.05, 4.69) is 9.97 Å². The van der Waals surface area contributed by atoms with Gasteiger partial charge in [-0.1, -0.05) is 32.0 Å². The summed E-state index contributed by atoms with van der Waals surface area (Å²) in [5, 5.41) is 0. The molecule has 7 nitrogen and oxygen atoms in total. The van der Waals surface area contributed by atoms with Crippen LogP contribution in [0.5, 0.6) is 5.75 Å². The summed E-state index contributed by atoms with van der Waals surface area (Å²) in [6, 6.07) is 7.60. The molecule has 1 aliphatic rings. The minimum atomic E-state index is -0.677. The van der Waals surface area contributed by atoms with Crippen molar-refractivity contribution in [2.24, 2.45) is 5.41 Å². The normalized spacial score (nSPS) is 13.6. The fourth-order valence-corrected chi connectivity index (χ4v) is 3.27. The van der Waals surface area contributed by atoms with E-state index in [1.807, 2.05) is 38.1 Å². The molecule has 0 bridgehead atoms. The number of para-hydroxylation sites is 1. The van der Waals surface area contributed by atoms with Gasteiger partial charge in [0, 0.05) is 11.1 Å². The van der Waals surface area contributed by atoms with Gasteiger partial charge in [0.15, 0.2) is 0 Å². The van der Waals surface area contributed by atoms with E-state index in [0.717, 1.165) is 11.3 Å². The minimum absolute atomic E-state index is 0.0742. The molecule has 0 radical (unpaired) electrons. The second kappa shape index (κ2) is 6.23. The van der Waals surface area contributed by atoms with Crippen LogP contribution in [0.4, 0.5) is 0 Å². The maximum atomic E-state index is 13.0. The van der Waals surface area contributed by atoms with Crippen LogP contribution in [-0.4, -0.2) is 27.9 Å². The van der Waals surface area contributed by atoms with E-state index in [9.17, 15) is 14.4 Å². The molecule has 0 aliphatic carbocycles. The number of nitrogens with one attached hydrogen (secondary N) is 2. The topological polar surface area (TPSA) is 95.3 Å². The van der Waals surface area contributed by atoms with Crippen molar-refractivity contribution in [3.63, 3.8) is 0 Å². The van der Waals surface area contributed by atoms with Crippen LogP contribution >= 0.6 is 0 Å². The van der Waals surface area contributed by atoms with Gasteiger partial charge in [-0.15, -0.1) is 0 Å². The number of hydrogen-bond donors (Lipinski definition) is 2. The highest BCUT2D eigenvalue weighted by Gasteiger charge is 2.36. The maximum Gasteiger partial charge on any atom is 0.325 e. The Bertz CT molecular complexity index is 926. The number of rotatable bonds is 4. The number of aromatic nitrogens is 2. The molecule has 132 valence electrons. The van der Waals surface area contributed by atoms with Crippen LogP contribution in [-0.2, 0) is 24.3 Å². The lowest BCUT2D eigenvalue weighted by Crippen LogP contribution is -2.39. The second-order valence-electron chi connectivity index (χ2n) is 6.90. The largest absolute Gasteiger partial charge is 0.496 e. The number of nitrogens with zero attached hydrogens (tertiary/aromatic N) is 1. The third-order valence-corrected chi connectivity index (χ3v) is 4.52. The molecule has 0 spiro atoms. The van der Waals surface area contributed by atoms with E-state index < -0.39 is 16.7 Å². The lowest BCUT2D eigenvalue weighted by atomic mass is 9.84. The second-order valence-corrected chi connectivity index (χ2v) is 6.90. The molecule has 2 aromatic rings. The summed E-state index contributed by atoms with van der Waals surface area (Å²) in [5.74, 6) is 0.670. The van der Waals surface area contributed by atoms with Gasteiger partial charge in [-0.2, -0.15) is 0 Å². The highest BCUT2D eigenvalue weighted by Crippen LogP contribution is 2.31. The van der Waals surface area contributed by atoms with Gasteiger partial charge in [0.25, 0.3) is 5.56 Å². The Hall–Kier alpha value is -2.83. The van der Waals surface area contributed by atoms with Crippen LogP contribution in [0.3, 0.4) is 0 Å². The van der Waals surface area contributed by atoms with Gasteiger partial charge in [-0.25, -0.2) is 4.79 Å². The number of carbonyl (C=O) groups is 1. The predicted molar refractivity (Wildman–Crippen MR) is 92.4 cm³/mol. The molecule has 0 unspecified atom stereocenters. The lowest BCUT2D eigenvalue weighted by molar-refractivity contribution is -0.141. The predicted octanol–water partition coefficient (Wildman–Crippen LogP) is 1.18. The molecule has 2 heterocycles. The fraction of sp³-hybridized carbons (Fsp3) is 0.389. The summed E-state index contributed by atoms with van der Waals surface area (Å²) in [4.78, 5) is 42.7. The van der Waals surface area contributed by atoms with E-state index in [0.29, 0.717) is 17.7 Å². The number of fused-ring (bicyclic) bond motifs is 1. The monoisotopic (exact) mass is 343 g/mol. The first-order valence-electron chi connectivity index (χ1n) is 8.07. The summed E-state index contributed by atoms with van der Waals surface area (Å²) in [7, 11) is 1.60. The highest BCUT2D eigenvalue weighted by molar-refractivity contribution is 5.83. The smallest absolute Gasteiger partial charge is 0.325 e. The molecular formula is C18H21N3O4. The van der Waals surface area contributed by atoms with Crippen LogP contribution < -0.4 is 16.0 Å². The highest BCUT2D eigenvalue weighted by atomic mass is 16.5. The average molecular weight is 343 g/mol.